The monoisotopic (exact) mass is 275 g/mol. The number of nitrogens with one attached hydrogen (secondary N) is 1. The lowest BCUT2D eigenvalue weighted by Crippen LogP contribution is -2.57. The van der Waals surface area contributed by atoms with Gasteiger partial charge in [-0.25, -0.2) is 0 Å². The second-order valence-electron chi connectivity index (χ2n) is 5.77. The SMILES string of the molecule is COc1cccc(C(=O)NC2CCC23CCOCC3)c1. The van der Waals surface area contributed by atoms with Crippen LogP contribution >= 0.6 is 0 Å². The van der Waals surface area contributed by atoms with Crippen LogP contribution in [0.3, 0.4) is 0 Å². The first-order valence-corrected chi connectivity index (χ1v) is 7.26. The molecule has 1 saturated carbocycles. The van der Waals surface area contributed by atoms with Crippen molar-refractivity contribution in [2.24, 2.45) is 5.41 Å². The molecule has 2 aliphatic rings. The molecule has 0 aromatic heterocycles. The zero-order valence-electron chi connectivity index (χ0n) is 11.9. The van der Waals surface area contributed by atoms with Gasteiger partial charge in [0.2, 0.25) is 0 Å². The number of hydrogen-bond acceptors (Lipinski definition) is 3. The molecule has 4 nitrogen and oxygen atoms in total. The lowest BCUT2D eigenvalue weighted by molar-refractivity contribution is -0.0523. The van der Waals surface area contributed by atoms with E-state index in [0.717, 1.165) is 32.5 Å². The summed E-state index contributed by atoms with van der Waals surface area (Å²) in [5.74, 6) is 0.714. The summed E-state index contributed by atoms with van der Waals surface area (Å²) in [5, 5.41) is 3.19. The van der Waals surface area contributed by atoms with Crippen molar-refractivity contribution in [3.8, 4) is 5.75 Å². The maximum Gasteiger partial charge on any atom is 0.251 e. The van der Waals surface area contributed by atoms with Gasteiger partial charge in [0.15, 0.2) is 0 Å². The van der Waals surface area contributed by atoms with Crippen molar-refractivity contribution < 1.29 is 14.3 Å². The standard InChI is InChI=1S/C16H21NO3/c1-19-13-4-2-3-12(11-13)15(18)17-14-5-6-16(14)7-9-20-10-8-16/h2-4,11,14H,5-10H2,1H3,(H,17,18). The third kappa shape index (κ3) is 2.40. The summed E-state index contributed by atoms with van der Waals surface area (Å²) in [6, 6.07) is 7.60. The molecule has 20 heavy (non-hydrogen) atoms. The van der Waals surface area contributed by atoms with Crippen LogP contribution in [0.1, 0.15) is 36.0 Å². The Morgan fingerprint density at radius 2 is 2.15 bits per heavy atom. The van der Waals surface area contributed by atoms with Gasteiger partial charge >= 0.3 is 0 Å². The van der Waals surface area contributed by atoms with Crippen molar-refractivity contribution in [2.75, 3.05) is 20.3 Å². The Labute approximate surface area is 119 Å². The minimum atomic E-state index is -0.000494. The molecule has 1 aromatic rings. The second kappa shape index (κ2) is 5.44. The fourth-order valence-electron chi connectivity index (χ4n) is 3.30. The van der Waals surface area contributed by atoms with E-state index in [-0.39, 0.29) is 11.3 Å². The smallest absolute Gasteiger partial charge is 0.251 e. The van der Waals surface area contributed by atoms with Crippen LogP contribution in [0.4, 0.5) is 0 Å². The van der Waals surface area contributed by atoms with Crippen molar-refractivity contribution in [3.63, 3.8) is 0 Å². The first-order valence-electron chi connectivity index (χ1n) is 7.26. The lowest BCUT2D eigenvalue weighted by atomic mass is 9.60. The zero-order valence-corrected chi connectivity index (χ0v) is 11.9. The number of rotatable bonds is 3. The highest BCUT2D eigenvalue weighted by atomic mass is 16.5. The van der Waals surface area contributed by atoms with E-state index < -0.39 is 0 Å². The van der Waals surface area contributed by atoms with E-state index in [9.17, 15) is 4.79 Å². The molecule has 0 bridgehead atoms. The minimum absolute atomic E-state index is 0.000494. The van der Waals surface area contributed by atoms with Crippen molar-refractivity contribution in [2.45, 2.75) is 31.7 Å². The zero-order chi connectivity index (χ0) is 14.0. The van der Waals surface area contributed by atoms with Gasteiger partial charge in [-0.1, -0.05) is 6.07 Å². The second-order valence-corrected chi connectivity index (χ2v) is 5.77. The average molecular weight is 275 g/mol. The van der Waals surface area contributed by atoms with Gasteiger partial charge in [0.1, 0.15) is 5.75 Å². The van der Waals surface area contributed by atoms with Gasteiger partial charge in [-0.2, -0.15) is 0 Å². The summed E-state index contributed by atoms with van der Waals surface area (Å²) in [7, 11) is 1.61. The predicted molar refractivity (Wildman–Crippen MR) is 76.0 cm³/mol. The fourth-order valence-corrected chi connectivity index (χ4v) is 3.30. The number of benzene rings is 1. The lowest BCUT2D eigenvalue weighted by Gasteiger charge is -2.52. The average Bonchev–Trinajstić information content (AvgIpc) is 2.52. The van der Waals surface area contributed by atoms with Gasteiger partial charge in [0, 0.05) is 24.8 Å². The first kappa shape index (κ1) is 13.4. The quantitative estimate of drug-likeness (QED) is 0.921. The topological polar surface area (TPSA) is 47.6 Å². The molecule has 108 valence electrons. The number of carbonyl (C=O) groups excluding carboxylic acids is 1. The highest BCUT2D eigenvalue weighted by Crippen LogP contribution is 2.48. The van der Waals surface area contributed by atoms with Crippen molar-refractivity contribution in [1.82, 2.24) is 5.32 Å². The summed E-state index contributed by atoms with van der Waals surface area (Å²) in [6.07, 6.45) is 4.42. The Bertz CT molecular complexity index is 494. The molecule has 2 fully saturated rings. The van der Waals surface area contributed by atoms with Gasteiger partial charge in [-0.05, 0) is 49.3 Å². The molecule has 3 rings (SSSR count). The number of amides is 1. The Hall–Kier alpha value is -1.55. The van der Waals surface area contributed by atoms with Gasteiger partial charge in [-0.15, -0.1) is 0 Å². The number of ether oxygens (including phenoxy) is 2. The van der Waals surface area contributed by atoms with Crippen molar-refractivity contribution in [3.05, 3.63) is 29.8 Å². The Balaban J connectivity index is 1.66. The summed E-state index contributed by atoms with van der Waals surface area (Å²) in [5.41, 5.74) is 0.950. The summed E-state index contributed by atoms with van der Waals surface area (Å²) < 4.78 is 10.6. The summed E-state index contributed by atoms with van der Waals surface area (Å²) in [4.78, 5) is 12.3. The van der Waals surface area contributed by atoms with Crippen LogP contribution in [-0.4, -0.2) is 32.3 Å². The van der Waals surface area contributed by atoms with Gasteiger partial charge in [0.05, 0.1) is 7.11 Å². The van der Waals surface area contributed by atoms with Crippen molar-refractivity contribution >= 4 is 5.91 Å². The van der Waals surface area contributed by atoms with E-state index in [1.807, 2.05) is 18.2 Å². The number of hydrogen-bond donors (Lipinski definition) is 1. The van der Waals surface area contributed by atoms with E-state index in [4.69, 9.17) is 9.47 Å². The number of carbonyl (C=O) groups is 1. The van der Waals surface area contributed by atoms with E-state index in [0.29, 0.717) is 17.4 Å². The summed E-state index contributed by atoms with van der Waals surface area (Å²) in [6.45, 7) is 1.65. The highest BCUT2D eigenvalue weighted by molar-refractivity contribution is 5.94. The molecule has 1 saturated heterocycles. The van der Waals surface area contributed by atoms with E-state index in [1.165, 1.54) is 6.42 Å². The maximum atomic E-state index is 12.3. The normalized spacial score (nSPS) is 23.9. The molecular formula is C16H21NO3. The third-order valence-electron chi connectivity index (χ3n) is 4.80. The molecule has 1 atom stereocenters. The molecule has 1 aliphatic heterocycles. The third-order valence-corrected chi connectivity index (χ3v) is 4.80. The van der Waals surface area contributed by atoms with Crippen LogP contribution < -0.4 is 10.1 Å². The van der Waals surface area contributed by atoms with Crippen LogP contribution in [0.5, 0.6) is 5.75 Å². The van der Waals surface area contributed by atoms with Gasteiger partial charge < -0.3 is 14.8 Å². The minimum Gasteiger partial charge on any atom is -0.497 e. The number of methoxy groups -OCH3 is 1. The predicted octanol–water partition coefficient (Wildman–Crippen LogP) is 2.38. The van der Waals surface area contributed by atoms with Gasteiger partial charge in [0.25, 0.3) is 5.91 Å². The molecule has 1 spiro atoms. The molecule has 1 N–H and O–H groups in total. The van der Waals surface area contributed by atoms with E-state index >= 15 is 0 Å². The van der Waals surface area contributed by atoms with Crippen LogP contribution in [0.15, 0.2) is 24.3 Å². The Morgan fingerprint density at radius 3 is 2.80 bits per heavy atom. The van der Waals surface area contributed by atoms with Crippen LogP contribution in [-0.2, 0) is 4.74 Å². The molecule has 1 aliphatic carbocycles. The molecule has 1 aromatic carbocycles. The Morgan fingerprint density at radius 1 is 1.35 bits per heavy atom. The molecule has 1 amide bonds. The molecule has 1 unspecified atom stereocenters. The first-order chi connectivity index (χ1) is 9.73. The molecule has 1 heterocycles. The van der Waals surface area contributed by atoms with E-state index in [2.05, 4.69) is 5.32 Å². The molecular weight excluding hydrogens is 254 g/mol. The van der Waals surface area contributed by atoms with Gasteiger partial charge in [-0.3, -0.25) is 4.79 Å². The van der Waals surface area contributed by atoms with Crippen LogP contribution in [0.25, 0.3) is 0 Å². The van der Waals surface area contributed by atoms with Crippen LogP contribution in [0.2, 0.25) is 0 Å². The van der Waals surface area contributed by atoms with Crippen molar-refractivity contribution in [1.29, 1.82) is 0 Å². The fraction of sp³-hybridized carbons (Fsp3) is 0.562. The summed E-state index contributed by atoms with van der Waals surface area (Å²) >= 11 is 0. The Kier molecular flexibility index (Phi) is 3.66. The maximum absolute atomic E-state index is 12.3. The van der Waals surface area contributed by atoms with Crippen LogP contribution in [0, 0.1) is 5.41 Å². The highest BCUT2D eigenvalue weighted by Gasteiger charge is 2.47. The molecule has 4 heteroatoms. The molecule has 0 radical (unpaired) electrons. The largest absolute Gasteiger partial charge is 0.497 e. The van der Waals surface area contributed by atoms with E-state index in [1.54, 1.807) is 13.2 Å².